The molecule has 4 rings (SSSR count). The van der Waals surface area contributed by atoms with Gasteiger partial charge in [0.2, 0.25) is 0 Å². The van der Waals surface area contributed by atoms with Crippen molar-refractivity contribution in [1.82, 2.24) is 24.4 Å². The predicted molar refractivity (Wildman–Crippen MR) is 89.7 cm³/mol. The van der Waals surface area contributed by atoms with Crippen LogP contribution in [0.3, 0.4) is 0 Å². The molecule has 0 aromatic carbocycles. The van der Waals surface area contributed by atoms with E-state index >= 15 is 0 Å². The molecule has 2 aromatic heterocycles. The SMILES string of the molecule is Cc1nccn1-c1nccnc1[C@@H]1CCCN(C2CCCC2)C1. The van der Waals surface area contributed by atoms with Crippen LogP contribution < -0.4 is 0 Å². The van der Waals surface area contributed by atoms with Crippen molar-refractivity contribution in [3.05, 3.63) is 36.3 Å². The Bertz CT molecular complexity index is 659. The molecule has 1 saturated heterocycles. The van der Waals surface area contributed by atoms with Gasteiger partial charge in [0, 0.05) is 43.3 Å². The summed E-state index contributed by atoms with van der Waals surface area (Å²) in [4.78, 5) is 16.4. The lowest BCUT2D eigenvalue weighted by Crippen LogP contribution is -2.41. The average Bonchev–Trinajstić information content (AvgIpc) is 3.26. The number of hydrogen-bond acceptors (Lipinski definition) is 4. The molecule has 0 unspecified atom stereocenters. The molecule has 23 heavy (non-hydrogen) atoms. The first-order valence-electron chi connectivity index (χ1n) is 8.88. The second kappa shape index (κ2) is 6.40. The molecule has 0 radical (unpaired) electrons. The first-order valence-corrected chi connectivity index (χ1v) is 8.88. The van der Waals surface area contributed by atoms with Gasteiger partial charge in [-0.25, -0.2) is 9.97 Å². The maximum Gasteiger partial charge on any atom is 0.160 e. The Morgan fingerprint density at radius 3 is 2.57 bits per heavy atom. The zero-order chi connectivity index (χ0) is 15.6. The smallest absolute Gasteiger partial charge is 0.160 e. The van der Waals surface area contributed by atoms with E-state index in [1.54, 1.807) is 6.20 Å². The third kappa shape index (κ3) is 2.90. The fraction of sp³-hybridized carbons (Fsp3) is 0.611. The van der Waals surface area contributed by atoms with Crippen molar-refractivity contribution in [3.8, 4) is 5.82 Å². The monoisotopic (exact) mass is 311 g/mol. The number of aryl methyl sites for hydroxylation is 1. The number of rotatable bonds is 3. The summed E-state index contributed by atoms with van der Waals surface area (Å²) in [7, 11) is 0. The summed E-state index contributed by atoms with van der Waals surface area (Å²) in [6.45, 7) is 4.40. The van der Waals surface area contributed by atoms with E-state index < -0.39 is 0 Å². The second-order valence-electron chi connectivity index (χ2n) is 6.88. The Morgan fingerprint density at radius 2 is 1.78 bits per heavy atom. The van der Waals surface area contributed by atoms with E-state index in [1.807, 2.05) is 25.5 Å². The highest BCUT2D eigenvalue weighted by molar-refractivity contribution is 5.33. The molecule has 122 valence electrons. The van der Waals surface area contributed by atoms with Crippen LogP contribution in [0.1, 0.15) is 56.0 Å². The van der Waals surface area contributed by atoms with Crippen LogP contribution in [0.15, 0.2) is 24.8 Å². The highest BCUT2D eigenvalue weighted by atomic mass is 15.2. The number of hydrogen-bond donors (Lipinski definition) is 0. The predicted octanol–water partition coefficient (Wildman–Crippen LogP) is 3.09. The molecule has 5 heteroatoms. The molecule has 2 fully saturated rings. The first-order chi connectivity index (χ1) is 11.3. The van der Waals surface area contributed by atoms with E-state index in [0.29, 0.717) is 5.92 Å². The molecule has 0 spiro atoms. The quantitative estimate of drug-likeness (QED) is 0.874. The maximum atomic E-state index is 4.72. The third-order valence-electron chi connectivity index (χ3n) is 5.44. The van der Waals surface area contributed by atoms with Crippen LogP contribution in [0.4, 0.5) is 0 Å². The van der Waals surface area contributed by atoms with Gasteiger partial charge >= 0.3 is 0 Å². The van der Waals surface area contributed by atoms with Gasteiger partial charge < -0.3 is 0 Å². The standard InChI is InChI=1S/C18H25N5/c1-14-19-10-12-23(14)18-17(20-8-9-21-18)15-5-4-11-22(13-15)16-6-2-3-7-16/h8-10,12,15-16H,2-7,11,13H2,1H3/t15-/m1/s1. The fourth-order valence-electron chi connectivity index (χ4n) is 4.25. The molecule has 5 nitrogen and oxygen atoms in total. The Morgan fingerprint density at radius 1 is 0.957 bits per heavy atom. The topological polar surface area (TPSA) is 46.8 Å². The summed E-state index contributed by atoms with van der Waals surface area (Å²) in [5.41, 5.74) is 1.14. The lowest BCUT2D eigenvalue weighted by Gasteiger charge is -2.36. The molecule has 3 heterocycles. The minimum absolute atomic E-state index is 0.481. The summed E-state index contributed by atoms with van der Waals surface area (Å²) in [6, 6.07) is 0.799. The first kappa shape index (κ1) is 14.8. The highest BCUT2D eigenvalue weighted by Gasteiger charge is 2.30. The zero-order valence-electron chi connectivity index (χ0n) is 13.9. The van der Waals surface area contributed by atoms with Crippen molar-refractivity contribution in [2.45, 2.75) is 57.4 Å². The van der Waals surface area contributed by atoms with Crippen molar-refractivity contribution in [1.29, 1.82) is 0 Å². The van der Waals surface area contributed by atoms with E-state index in [2.05, 4.69) is 19.4 Å². The van der Waals surface area contributed by atoms with Gasteiger partial charge in [-0.1, -0.05) is 12.8 Å². The van der Waals surface area contributed by atoms with Crippen LogP contribution >= 0.6 is 0 Å². The summed E-state index contributed by atoms with van der Waals surface area (Å²) >= 11 is 0. The van der Waals surface area contributed by atoms with Crippen molar-refractivity contribution in [2.24, 2.45) is 0 Å². The average molecular weight is 311 g/mol. The Labute approximate surface area is 137 Å². The number of nitrogens with zero attached hydrogens (tertiary/aromatic N) is 5. The van der Waals surface area contributed by atoms with Crippen molar-refractivity contribution in [2.75, 3.05) is 13.1 Å². The van der Waals surface area contributed by atoms with Gasteiger partial charge in [0.05, 0.1) is 5.69 Å². The lowest BCUT2D eigenvalue weighted by atomic mass is 9.93. The third-order valence-corrected chi connectivity index (χ3v) is 5.44. The second-order valence-corrected chi connectivity index (χ2v) is 6.88. The normalized spacial score (nSPS) is 23.4. The number of likely N-dealkylation sites (tertiary alicyclic amines) is 1. The molecule has 1 aliphatic carbocycles. The van der Waals surface area contributed by atoms with Crippen LogP contribution in [0.25, 0.3) is 5.82 Å². The molecule has 0 amide bonds. The molecule has 1 saturated carbocycles. The van der Waals surface area contributed by atoms with Gasteiger partial charge in [0.25, 0.3) is 0 Å². The van der Waals surface area contributed by atoms with Gasteiger partial charge in [0.15, 0.2) is 5.82 Å². The highest BCUT2D eigenvalue weighted by Crippen LogP contribution is 2.33. The zero-order valence-corrected chi connectivity index (χ0v) is 13.9. The van der Waals surface area contributed by atoms with E-state index in [4.69, 9.17) is 4.98 Å². The maximum absolute atomic E-state index is 4.72. The molecule has 1 atom stereocenters. The molecular weight excluding hydrogens is 286 g/mol. The minimum Gasteiger partial charge on any atom is -0.300 e. The van der Waals surface area contributed by atoms with Crippen LogP contribution in [0.2, 0.25) is 0 Å². The van der Waals surface area contributed by atoms with E-state index in [0.717, 1.165) is 29.9 Å². The van der Waals surface area contributed by atoms with Crippen LogP contribution in [-0.2, 0) is 0 Å². The summed E-state index contributed by atoms with van der Waals surface area (Å²) in [6.07, 6.45) is 15.5. The van der Waals surface area contributed by atoms with Crippen molar-refractivity contribution < 1.29 is 0 Å². The molecular formula is C18H25N5. The van der Waals surface area contributed by atoms with Gasteiger partial charge in [-0.2, -0.15) is 0 Å². The van der Waals surface area contributed by atoms with Gasteiger partial charge in [0.1, 0.15) is 5.82 Å². The van der Waals surface area contributed by atoms with Gasteiger partial charge in [-0.05, 0) is 39.2 Å². The summed E-state index contributed by atoms with van der Waals surface area (Å²) in [5.74, 6) is 2.41. The number of piperidine rings is 1. The van der Waals surface area contributed by atoms with E-state index in [9.17, 15) is 0 Å². The molecule has 1 aliphatic heterocycles. The molecule has 2 aromatic rings. The largest absolute Gasteiger partial charge is 0.300 e. The number of aromatic nitrogens is 4. The fourth-order valence-corrected chi connectivity index (χ4v) is 4.25. The Balaban J connectivity index is 1.61. The molecule has 2 aliphatic rings. The van der Waals surface area contributed by atoms with Gasteiger partial charge in [-0.15, -0.1) is 0 Å². The summed E-state index contributed by atoms with van der Waals surface area (Å²) < 4.78 is 2.07. The Kier molecular flexibility index (Phi) is 4.12. The minimum atomic E-state index is 0.481. The van der Waals surface area contributed by atoms with Crippen LogP contribution in [0, 0.1) is 6.92 Å². The molecule has 0 N–H and O–H groups in total. The number of imidazole rings is 1. The van der Waals surface area contributed by atoms with Crippen molar-refractivity contribution in [3.63, 3.8) is 0 Å². The lowest BCUT2D eigenvalue weighted by molar-refractivity contribution is 0.148. The van der Waals surface area contributed by atoms with Crippen molar-refractivity contribution >= 4 is 0 Å². The van der Waals surface area contributed by atoms with Gasteiger partial charge in [-0.3, -0.25) is 14.5 Å². The Hall–Kier alpha value is -1.75. The van der Waals surface area contributed by atoms with Crippen LogP contribution in [-0.4, -0.2) is 43.6 Å². The molecule has 0 bridgehead atoms. The van der Waals surface area contributed by atoms with E-state index in [-0.39, 0.29) is 0 Å². The van der Waals surface area contributed by atoms with E-state index in [1.165, 1.54) is 45.1 Å². The van der Waals surface area contributed by atoms with Crippen LogP contribution in [0.5, 0.6) is 0 Å². The summed E-state index contributed by atoms with van der Waals surface area (Å²) in [5, 5.41) is 0.